The summed E-state index contributed by atoms with van der Waals surface area (Å²) in [6, 6.07) is 0. The minimum absolute atomic E-state index is 0. The number of unbranched alkanes of at least 4 members (excludes halogenated alkanes) is 8. The molecule has 2 radical (unpaired) electrons. The molecule has 2 heteroatoms. The zero-order valence-corrected chi connectivity index (χ0v) is 16.4. The van der Waals surface area contributed by atoms with Gasteiger partial charge in [-0.1, -0.05) is 64.7 Å². The molecule has 0 N–H and O–H groups in total. The second-order valence-corrected chi connectivity index (χ2v) is 6.32. The first-order valence-electron chi connectivity index (χ1n) is 6.75. The summed E-state index contributed by atoms with van der Waals surface area (Å²) in [6.07, 6.45) is 13.7. The van der Waals surface area contributed by atoms with Crippen molar-refractivity contribution >= 4 is 35.5 Å². The molecule has 0 heterocycles. The molecule has 0 bridgehead atoms. The van der Waals surface area contributed by atoms with Crippen LogP contribution in [0.25, 0.3) is 0 Å². The summed E-state index contributed by atoms with van der Waals surface area (Å²) in [5, 5.41) is 0. The van der Waals surface area contributed by atoms with Gasteiger partial charge in [0, 0.05) is 4.87 Å². The third-order valence-corrected chi connectivity index (χ3v) is 3.06. The maximum absolute atomic E-state index is 6.13. The van der Waals surface area contributed by atoms with Crippen molar-refractivity contribution in [1.82, 2.24) is 0 Å². The van der Waals surface area contributed by atoms with Crippen LogP contribution in [0.4, 0.5) is 0 Å². The van der Waals surface area contributed by atoms with E-state index in [2.05, 4.69) is 20.8 Å². The Hall–Kier alpha value is 1.09. The molecule has 0 aromatic carbocycles. The fourth-order valence-electron chi connectivity index (χ4n) is 1.86. The fraction of sp³-hybridized carbons (Fsp3) is 1.00. The molecule has 0 aliphatic carbocycles. The van der Waals surface area contributed by atoms with Gasteiger partial charge in [-0.25, -0.2) is 0 Å². The second kappa shape index (κ2) is 12.5. The van der Waals surface area contributed by atoms with Crippen LogP contribution in [0.5, 0.6) is 0 Å². The van der Waals surface area contributed by atoms with E-state index in [1.165, 1.54) is 57.8 Å². The third-order valence-electron chi connectivity index (χ3n) is 2.87. The summed E-state index contributed by atoms with van der Waals surface area (Å²) < 4.78 is 0. The van der Waals surface area contributed by atoms with Gasteiger partial charge in [-0.15, -0.1) is 11.6 Å². The van der Waals surface area contributed by atoms with Crippen molar-refractivity contribution in [2.24, 2.45) is 0 Å². The molecular weight excluding hydrogens is 322 g/mol. The quantitative estimate of drug-likeness (QED) is 0.294. The molecule has 98 valence electrons. The summed E-state index contributed by atoms with van der Waals surface area (Å²) in [5.74, 6) is 0. The monoisotopic (exact) mass is 354 g/mol. The van der Waals surface area contributed by atoms with Crippen molar-refractivity contribution in [2.75, 3.05) is 0 Å². The van der Waals surface area contributed by atoms with Crippen LogP contribution < -0.4 is 0 Å². The predicted octanol–water partition coefficient (Wildman–Crippen LogP) is 5.01. The van der Waals surface area contributed by atoms with Crippen molar-refractivity contribution < 1.29 is 0 Å². The first-order valence-corrected chi connectivity index (χ1v) is 7.13. The van der Waals surface area contributed by atoms with E-state index in [-0.39, 0.29) is 28.8 Å². The van der Waals surface area contributed by atoms with Gasteiger partial charge >= 0.3 is 23.9 Å². The van der Waals surface area contributed by atoms with E-state index >= 15 is 0 Å². The standard InChI is InChI=1S/C14H29Cl.Sn.2H/c1-4-5-6-7-8-9-10-11-12-13-14(2,3)15;;;/h4-13H2,1-3H3;;;. The van der Waals surface area contributed by atoms with Crippen LogP contribution >= 0.6 is 11.6 Å². The molecule has 0 aromatic heterocycles. The molecule has 0 aromatic rings. The average molecular weight is 354 g/mol. The van der Waals surface area contributed by atoms with Gasteiger partial charge in [0.25, 0.3) is 0 Å². The SMILES string of the molecule is CCCCCCCCCCCC(C)(C)Cl.[SnH2]. The molecule has 0 aliphatic heterocycles. The molecule has 0 saturated heterocycles. The Balaban J connectivity index is 0. The number of rotatable bonds is 10. The normalized spacial score (nSPS) is 11.2. The van der Waals surface area contributed by atoms with Crippen LogP contribution in [-0.2, 0) is 0 Å². The Bertz CT molecular complexity index is 129. The van der Waals surface area contributed by atoms with Crippen LogP contribution in [0.3, 0.4) is 0 Å². The van der Waals surface area contributed by atoms with E-state index in [1.54, 1.807) is 0 Å². The Kier molecular flexibility index (Phi) is 15.2. The predicted molar refractivity (Wildman–Crippen MR) is 80.3 cm³/mol. The molecular formula is C14H31ClSn. The topological polar surface area (TPSA) is 0 Å². The third kappa shape index (κ3) is 17.5. The van der Waals surface area contributed by atoms with E-state index in [9.17, 15) is 0 Å². The number of alkyl halides is 1. The van der Waals surface area contributed by atoms with E-state index in [1.807, 2.05) is 0 Å². The molecule has 0 spiro atoms. The zero-order valence-electron chi connectivity index (χ0n) is 11.7. The van der Waals surface area contributed by atoms with Crippen molar-refractivity contribution in [2.45, 2.75) is 89.9 Å². The average Bonchev–Trinajstić information content (AvgIpc) is 2.14. The number of halogens is 1. The van der Waals surface area contributed by atoms with Gasteiger partial charge in [0.1, 0.15) is 0 Å². The van der Waals surface area contributed by atoms with E-state index < -0.39 is 0 Å². The first-order chi connectivity index (χ1) is 7.06. The van der Waals surface area contributed by atoms with E-state index in [4.69, 9.17) is 11.6 Å². The molecule has 0 unspecified atom stereocenters. The van der Waals surface area contributed by atoms with Crippen LogP contribution in [0.1, 0.15) is 85.0 Å². The molecule has 0 saturated carbocycles. The van der Waals surface area contributed by atoms with E-state index in [0.29, 0.717) is 0 Å². The maximum atomic E-state index is 6.13. The molecule has 0 aliphatic rings. The van der Waals surface area contributed by atoms with Crippen LogP contribution in [-0.4, -0.2) is 28.8 Å². The molecule has 0 amide bonds. The summed E-state index contributed by atoms with van der Waals surface area (Å²) in [5.41, 5.74) is 0. The van der Waals surface area contributed by atoms with Crippen LogP contribution in [0.2, 0.25) is 0 Å². The van der Waals surface area contributed by atoms with Gasteiger partial charge in [0.2, 0.25) is 0 Å². The Morgan fingerprint density at radius 3 is 1.50 bits per heavy atom. The second-order valence-electron chi connectivity index (χ2n) is 5.30. The molecule has 0 rings (SSSR count). The van der Waals surface area contributed by atoms with Crippen LogP contribution in [0, 0.1) is 0 Å². The van der Waals surface area contributed by atoms with Gasteiger partial charge in [-0.3, -0.25) is 0 Å². The Morgan fingerprint density at radius 1 is 0.750 bits per heavy atom. The van der Waals surface area contributed by atoms with Gasteiger partial charge in [0.05, 0.1) is 0 Å². The zero-order chi connectivity index (χ0) is 11.6. The van der Waals surface area contributed by atoms with Crippen molar-refractivity contribution in [3.8, 4) is 0 Å². The number of hydrogen-bond donors (Lipinski definition) is 0. The minimum atomic E-state index is 0. The molecule has 0 fully saturated rings. The Labute approximate surface area is 125 Å². The van der Waals surface area contributed by atoms with Crippen molar-refractivity contribution in [1.29, 1.82) is 0 Å². The van der Waals surface area contributed by atoms with Crippen molar-refractivity contribution in [3.05, 3.63) is 0 Å². The molecule has 16 heavy (non-hydrogen) atoms. The molecule has 0 atom stereocenters. The summed E-state index contributed by atoms with van der Waals surface area (Å²) in [7, 11) is 0. The van der Waals surface area contributed by atoms with E-state index in [0.717, 1.165) is 6.42 Å². The number of hydrogen-bond acceptors (Lipinski definition) is 0. The van der Waals surface area contributed by atoms with Crippen LogP contribution in [0.15, 0.2) is 0 Å². The molecule has 0 nitrogen and oxygen atoms in total. The Morgan fingerprint density at radius 2 is 1.12 bits per heavy atom. The summed E-state index contributed by atoms with van der Waals surface area (Å²) >= 11 is 6.13. The van der Waals surface area contributed by atoms with Gasteiger partial charge in [0.15, 0.2) is 0 Å². The van der Waals surface area contributed by atoms with Gasteiger partial charge < -0.3 is 0 Å². The van der Waals surface area contributed by atoms with Crippen molar-refractivity contribution in [3.63, 3.8) is 0 Å². The summed E-state index contributed by atoms with van der Waals surface area (Å²) in [6.45, 7) is 6.49. The van der Waals surface area contributed by atoms with Gasteiger partial charge in [-0.05, 0) is 20.3 Å². The summed E-state index contributed by atoms with van der Waals surface area (Å²) in [4.78, 5) is 0.0150. The first kappa shape index (κ1) is 19.4. The van der Waals surface area contributed by atoms with Gasteiger partial charge in [-0.2, -0.15) is 0 Å². The fourth-order valence-corrected chi connectivity index (χ4v) is 1.99.